The van der Waals surface area contributed by atoms with E-state index in [2.05, 4.69) is 0 Å². The molecule has 5 heteroatoms. The SMILES string of the molecule is COc1ccc(CC(N)C(F)F)cc1Cl. The van der Waals surface area contributed by atoms with E-state index in [4.69, 9.17) is 22.1 Å². The lowest BCUT2D eigenvalue weighted by Gasteiger charge is -2.11. The summed E-state index contributed by atoms with van der Waals surface area (Å²) in [5.41, 5.74) is 5.92. The van der Waals surface area contributed by atoms with Crippen LogP contribution in [-0.4, -0.2) is 19.6 Å². The van der Waals surface area contributed by atoms with Crippen molar-refractivity contribution in [2.24, 2.45) is 5.73 Å². The summed E-state index contributed by atoms with van der Waals surface area (Å²) in [4.78, 5) is 0. The largest absolute Gasteiger partial charge is 0.495 e. The van der Waals surface area contributed by atoms with E-state index in [1.54, 1.807) is 18.2 Å². The van der Waals surface area contributed by atoms with Gasteiger partial charge in [0.05, 0.1) is 18.2 Å². The molecule has 1 atom stereocenters. The molecule has 0 radical (unpaired) electrons. The number of rotatable bonds is 4. The van der Waals surface area contributed by atoms with Crippen LogP contribution in [0, 0.1) is 0 Å². The molecule has 0 aliphatic rings. The van der Waals surface area contributed by atoms with E-state index in [9.17, 15) is 8.78 Å². The van der Waals surface area contributed by atoms with E-state index >= 15 is 0 Å². The minimum absolute atomic E-state index is 0.0986. The lowest BCUT2D eigenvalue weighted by atomic mass is 10.1. The highest BCUT2D eigenvalue weighted by Crippen LogP contribution is 2.25. The summed E-state index contributed by atoms with van der Waals surface area (Å²) in [5.74, 6) is 0.519. The van der Waals surface area contributed by atoms with Gasteiger partial charge in [-0.3, -0.25) is 0 Å². The molecule has 2 nitrogen and oxygen atoms in total. The molecule has 1 rings (SSSR count). The number of alkyl halides is 2. The van der Waals surface area contributed by atoms with E-state index in [1.807, 2.05) is 0 Å². The number of benzene rings is 1. The van der Waals surface area contributed by atoms with Gasteiger partial charge in [0.15, 0.2) is 0 Å². The minimum atomic E-state index is -2.52. The molecule has 2 N–H and O–H groups in total. The van der Waals surface area contributed by atoms with Crippen LogP contribution >= 0.6 is 11.6 Å². The first-order valence-corrected chi connectivity index (χ1v) is 4.78. The number of ether oxygens (including phenoxy) is 1. The number of methoxy groups -OCH3 is 1. The molecular formula is C10H12ClF2NO. The van der Waals surface area contributed by atoms with Gasteiger partial charge in [0.25, 0.3) is 6.43 Å². The van der Waals surface area contributed by atoms with Crippen LogP contribution in [0.15, 0.2) is 18.2 Å². The van der Waals surface area contributed by atoms with Crippen molar-refractivity contribution in [1.29, 1.82) is 0 Å². The van der Waals surface area contributed by atoms with E-state index in [0.29, 0.717) is 16.3 Å². The molecule has 0 aliphatic carbocycles. The molecule has 0 fully saturated rings. The zero-order chi connectivity index (χ0) is 11.4. The van der Waals surface area contributed by atoms with Crippen LogP contribution in [0.4, 0.5) is 8.78 Å². The minimum Gasteiger partial charge on any atom is -0.495 e. The molecule has 15 heavy (non-hydrogen) atoms. The van der Waals surface area contributed by atoms with Crippen molar-refractivity contribution in [3.8, 4) is 5.75 Å². The van der Waals surface area contributed by atoms with Crippen LogP contribution in [-0.2, 0) is 6.42 Å². The maximum atomic E-state index is 12.2. The third-order valence-electron chi connectivity index (χ3n) is 2.01. The summed E-state index contributed by atoms with van der Waals surface area (Å²) in [5, 5.41) is 0.400. The van der Waals surface area contributed by atoms with Crippen molar-refractivity contribution in [3.63, 3.8) is 0 Å². The molecular weight excluding hydrogens is 224 g/mol. The standard InChI is InChI=1S/C10H12ClF2NO/c1-15-9-3-2-6(4-7(9)11)5-8(14)10(12)13/h2-4,8,10H,5,14H2,1H3. The maximum Gasteiger partial charge on any atom is 0.253 e. The fourth-order valence-corrected chi connectivity index (χ4v) is 1.48. The Morgan fingerprint density at radius 1 is 1.47 bits per heavy atom. The Hall–Kier alpha value is -0.870. The van der Waals surface area contributed by atoms with Gasteiger partial charge >= 0.3 is 0 Å². The monoisotopic (exact) mass is 235 g/mol. The number of halogens is 3. The van der Waals surface area contributed by atoms with Crippen molar-refractivity contribution in [2.75, 3.05) is 7.11 Å². The predicted octanol–water partition coefficient (Wildman–Crippen LogP) is 2.48. The van der Waals surface area contributed by atoms with E-state index in [1.165, 1.54) is 7.11 Å². The van der Waals surface area contributed by atoms with Crippen LogP contribution in [0.25, 0.3) is 0 Å². The molecule has 0 heterocycles. The quantitative estimate of drug-likeness (QED) is 0.870. The van der Waals surface area contributed by atoms with Crippen LogP contribution < -0.4 is 10.5 Å². The second-order valence-electron chi connectivity index (χ2n) is 3.17. The molecule has 0 saturated carbocycles. The Bertz CT molecular complexity index is 333. The zero-order valence-electron chi connectivity index (χ0n) is 8.21. The van der Waals surface area contributed by atoms with Gasteiger partial charge in [-0.2, -0.15) is 0 Å². The first-order chi connectivity index (χ1) is 7.04. The van der Waals surface area contributed by atoms with Crippen molar-refractivity contribution in [2.45, 2.75) is 18.9 Å². The highest BCUT2D eigenvalue weighted by Gasteiger charge is 2.16. The lowest BCUT2D eigenvalue weighted by Crippen LogP contribution is -2.30. The van der Waals surface area contributed by atoms with E-state index in [-0.39, 0.29) is 6.42 Å². The summed E-state index contributed by atoms with van der Waals surface area (Å²) in [7, 11) is 1.49. The number of hydrogen-bond acceptors (Lipinski definition) is 2. The van der Waals surface area contributed by atoms with Crippen molar-refractivity contribution in [3.05, 3.63) is 28.8 Å². The maximum absolute atomic E-state index is 12.2. The molecule has 0 bridgehead atoms. The summed E-state index contributed by atoms with van der Waals surface area (Å²) in [6.07, 6.45) is -2.42. The highest BCUT2D eigenvalue weighted by atomic mass is 35.5. The Morgan fingerprint density at radius 2 is 2.13 bits per heavy atom. The molecule has 1 aromatic carbocycles. The van der Waals surface area contributed by atoms with Gasteiger partial charge in [-0.15, -0.1) is 0 Å². The summed E-state index contributed by atoms with van der Waals surface area (Å²) in [6, 6.07) is 3.74. The van der Waals surface area contributed by atoms with E-state index in [0.717, 1.165) is 0 Å². The van der Waals surface area contributed by atoms with Crippen molar-refractivity contribution >= 4 is 11.6 Å². The molecule has 1 aromatic rings. The number of hydrogen-bond donors (Lipinski definition) is 1. The summed E-state index contributed by atoms with van der Waals surface area (Å²) < 4.78 is 29.3. The molecule has 0 spiro atoms. The molecule has 84 valence electrons. The highest BCUT2D eigenvalue weighted by molar-refractivity contribution is 6.32. The molecule has 0 saturated heterocycles. The van der Waals surface area contributed by atoms with Gasteiger partial charge < -0.3 is 10.5 Å². The Morgan fingerprint density at radius 3 is 2.60 bits per heavy atom. The first-order valence-electron chi connectivity index (χ1n) is 4.40. The third-order valence-corrected chi connectivity index (χ3v) is 2.31. The second-order valence-corrected chi connectivity index (χ2v) is 3.58. The average molecular weight is 236 g/mol. The smallest absolute Gasteiger partial charge is 0.253 e. The molecule has 0 aliphatic heterocycles. The predicted molar refractivity (Wildman–Crippen MR) is 55.7 cm³/mol. The topological polar surface area (TPSA) is 35.2 Å². The zero-order valence-corrected chi connectivity index (χ0v) is 8.97. The van der Waals surface area contributed by atoms with Gasteiger partial charge in [-0.05, 0) is 24.1 Å². The first kappa shape index (κ1) is 12.2. The fraction of sp³-hybridized carbons (Fsp3) is 0.400. The molecule has 1 unspecified atom stereocenters. The second kappa shape index (κ2) is 5.28. The van der Waals surface area contributed by atoms with Crippen molar-refractivity contribution < 1.29 is 13.5 Å². The van der Waals surface area contributed by atoms with E-state index < -0.39 is 12.5 Å². The molecule has 0 amide bonds. The van der Waals surface area contributed by atoms with Crippen LogP contribution in [0.1, 0.15) is 5.56 Å². The van der Waals surface area contributed by atoms with Gasteiger partial charge in [-0.1, -0.05) is 17.7 Å². The summed E-state index contributed by atoms with van der Waals surface area (Å²) >= 11 is 5.84. The average Bonchev–Trinajstić information content (AvgIpc) is 2.18. The van der Waals surface area contributed by atoms with Gasteiger partial charge in [0.2, 0.25) is 0 Å². The normalized spacial score (nSPS) is 12.9. The van der Waals surface area contributed by atoms with Gasteiger partial charge in [-0.25, -0.2) is 8.78 Å². The third kappa shape index (κ3) is 3.32. The Balaban J connectivity index is 2.75. The molecule has 0 aromatic heterocycles. The fourth-order valence-electron chi connectivity index (χ4n) is 1.20. The Labute approximate surface area is 92.0 Å². The van der Waals surface area contributed by atoms with Gasteiger partial charge in [0.1, 0.15) is 5.75 Å². The number of nitrogens with two attached hydrogens (primary N) is 1. The Kier molecular flexibility index (Phi) is 4.29. The van der Waals surface area contributed by atoms with Crippen LogP contribution in [0.2, 0.25) is 5.02 Å². The van der Waals surface area contributed by atoms with Crippen LogP contribution in [0.5, 0.6) is 5.75 Å². The lowest BCUT2D eigenvalue weighted by molar-refractivity contribution is 0.116. The van der Waals surface area contributed by atoms with Gasteiger partial charge in [0, 0.05) is 0 Å². The van der Waals surface area contributed by atoms with Crippen molar-refractivity contribution in [1.82, 2.24) is 0 Å². The van der Waals surface area contributed by atoms with Crippen LogP contribution in [0.3, 0.4) is 0 Å². The summed E-state index contributed by atoms with van der Waals surface area (Å²) in [6.45, 7) is 0.